The van der Waals surface area contributed by atoms with Gasteiger partial charge in [0.1, 0.15) is 0 Å². The van der Waals surface area contributed by atoms with Crippen LogP contribution in [0.15, 0.2) is 97.1 Å². The van der Waals surface area contributed by atoms with Crippen LogP contribution in [0.3, 0.4) is 0 Å². The normalized spacial score (nSPS) is 10.3. The Hall–Kier alpha value is -5.24. The molecule has 4 rings (SSSR count). The van der Waals surface area contributed by atoms with E-state index in [1.165, 1.54) is 19.2 Å². The van der Waals surface area contributed by atoms with Gasteiger partial charge < -0.3 is 20.5 Å². The molecule has 3 N–H and O–H groups in total. The molecule has 37 heavy (non-hydrogen) atoms. The van der Waals surface area contributed by atoms with E-state index in [1.807, 2.05) is 0 Å². The Bertz CT molecular complexity index is 1490. The molecule has 8 heteroatoms. The molecule has 184 valence electrons. The Morgan fingerprint density at radius 2 is 1.22 bits per heavy atom. The molecular formula is C29H22N2O6. The predicted molar refractivity (Wildman–Crippen MR) is 139 cm³/mol. The molecule has 0 bridgehead atoms. The molecule has 4 aromatic rings. The Kier molecular flexibility index (Phi) is 7.40. The van der Waals surface area contributed by atoms with Gasteiger partial charge in [0, 0.05) is 22.5 Å². The van der Waals surface area contributed by atoms with Crippen LogP contribution in [-0.2, 0) is 4.74 Å². The fourth-order valence-electron chi connectivity index (χ4n) is 3.77. The number of anilines is 2. The molecule has 0 unspecified atom stereocenters. The van der Waals surface area contributed by atoms with E-state index in [0.29, 0.717) is 39.2 Å². The van der Waals surface area contributed by atoms with Gasteiger partial charge >= 0.3 is 11.9 Å². The van der Waals surface area contributed by atoms with E-state index in [2.05, 4.69) is 10.6 Å². The number of carbonyl (C=O) groups is 4. The predicted octanol–water partition coefficient (Wildman–Crippen LogP) is 5.34. The van der Waals surface area contributed by atoms with E-state index in [1.54, 1.807) is 84.9 Å². The summed E-state index contributed by atoms with van der Waals surface area (Å²) < 4.78 is 4.69. The van der Waals surface area contributed by atoms with Crippen LogP contribution < -0.4 is 10.6 Å². The molecule has 0 aliphatic carbocycles. The van der Waals surface area contributed by atoms with Gasteiger partial charge in [0.05, 0.1) is 18.2 Å². The quantitative estimate of drug-likeness (QED) is 0.298. The van der Waals surface area contributed by atoms with E-state index in [-0.39, 0.29) is 5.56 Å². The first-order valence-corrected chi connectivity index (χ1v) is 11.2. The lowest BCUT2D eigenvalue weighted by Gasteiger charge is -2.13. The number of aromatic carboxylic acids is 1. The molecule has 0 fully saturated rings. The van der Waals surface area contributed by atoms with Crippen molar-refractivity contribution in [3.8, 4) is 11.1 Å². The van der Waals surface area contributed by atoms with Crippen LogP contribution in [0.4, 0.5) is 11.4 Å². The van der Waals surface area contributed by atoms with Crippen LogP contribution in [-0.4, -0.2) is 36.0 Å². The number of carboxylic acid groups (broad SMARTS) is 1. The molecule has 0 spiro atoms. The number of carbonyl (C=O) groups excluding carboxylic acids is 3. The summed E-state index contributed by atoms with van der Waals surface area (Å²) in [6.45, 7) is 0. The van der Waals surface area contributed by atoms with Crippen LogP contribution in [0, 0.1) is 0 Å². The first-order valence-electron chi connectivity index (χ1n) is 11.2. The van der Waals surface area contributed by atoms with Gasteiger partial charge in [-0.2, -0.15) is 0 Å². The van der Waals surface area contributed by atoms with E-state index >= 15 is 0 Å². The highest BCUT2D eigenvalue weighted by molar-refractivity contribution is 6.11. The number of carboxylic acids is 1. The maximum Gasteiger partial charge on any atom is 0.337 e. The molecule has 4 aromatic carbocycles. The Labute approximate surface area is 212 Å². The second kappa shape index (κ2) is 11.0. The lowest BCUT2D eigenvalue weighted by molar-refractivity contribution is 0.0599. The van der Waals surface area contributed by atoms with E-state index in [9.17, 15) is 24.3 Å². The van der Waals surface area contributed by atoms with Crippen LogP contribution in [0.2, 0.25) is 0 Å². The van der Waals surface area contributed by atoms with Gasteiger partial charge in [-0.1, -0.05) is 42.5 Å². The van der Waals surface area contributed by atoms with Gasteiger partial charge in [0.15, 0.2) is 0 Å². The molecule has 0 atom stereocenters. The molecule has 0 aromatic heterocycles. The summed E-state index contributed by atoms with van der Waals surface area (Å²) in [6, 6.07) is 25.9. The summed E-state index contributed by atoms with van der Waals surface area (Å²) in [5, 5.41) is 15.1. The molecule has 0 radical (unpaired) electrons. The molecule has 8 nitrogen and oxygen atoms in total. The summed E-state index contributed by atoms with van der Waals surface area (Å²) in [5.74, 6) is -2.41. The first kappa shape index (κ1) is 24.9. The van der Waals surface area contributed by atoms with Crippen molar-refractivity contribution in [2.75, 3.05) is 17.7 Å². The third-order valence-corrected chi connectivity index (χ3v) is 5.57. The van der Waals surface area contributed by atoms with Crippen molar-refractivity contribution < 1.29 is 29.0 Å². The van der Waals surface area contributed by atoms with Crippen molar-refractivity contribution in [1.29, 1.82) is 0 Å². The minimum Gasteiger partial charge on any atom is -0.478 e. The van der Waals surface area contributed by atoms with Crippen LogP contribution in [0.5, 0.6) is 0 Å². The highest BCUT2D eigenvalue weighted by atomic mass is 16.5. The molecule has 2 amide bonds. The van der Waals surface area contributed by atoms with Gasteiger partial charge in [-0.25, -0.2) is 9.59 Å². The molecule has 0 saturated carbocycles. The van der Waals surface area contributed by atoms with Gasteiger partial charge in [0.25, 0.3) is 11.8 Å². The Morgan fingerprint density at radius 1 is 0.622 bits per heavy atom. The zero-order chi connectivity index (χ0) is 26.4. The number of hydrogen-bond acceptors (Lipinski definition) is 5. The lowest BCUT2D eigenvalue weighted by atomic mass is 9.95. The summed E-state index contributed by atoms with van der Waals surface area (Å²) >= 11 is 0. The number of ether oxygens (including phenoxy) is 1. The average molecular weight is 495 g/mol. The van der Waals surface area contributed by atoms with Crippen molar-refractivity contribution in [2.24, 2.45) is 0 Å². The topological polar surface area (TPSA) is 122 Å². The summed E-state index contributed by atoms with van der Waals surface area (Å²) in [6.07, 6.45) is 0. The van der Waals surface area contributed by atoms with Crippen LogP contribution in [0.1, 0.15) is 41.4 Å². The van der Waals surface area contributed by atoms with Crippen molar-refractivity contribution >= 4 is 35.1 Å². The van der Waals surface area contributed by atoms with E-state index < -0.39 is 23.8 Å². The summed E-state index contributed by atoms with van der Waals surface area (Å²) in [7, 11) is 1.28. The fourth-order valence-corrected chi connectivity index (χ4v) is 3.77. The first-order chi connectivity index (χ1) is 17.9. The number of rotatable bonds is 7. The summed E-state index contributed by atoms with van der Waals surface area (Å²) in [4.78, 5) is 49.1. The summed E-state index contributed by atoms with van der Waals surface area (Å²) in [5.41, 5.74) is 2.87. The van der Waals surface area contributed by atoms with Gasteiger partial charge in [-0.05, 0) is 65.7 Å². The SMILES string of the molecule is COC(=O)c1cccc(NC(=O)c2ccc(NC(=O)c3ccccc3-c3ccccc3C(=O)O)cc2)c1. The molecular weight excluding hydrogens is 472 g/mol. The molecule has 0 heterocycles. The number of hydrogen-bond donors (Lipinski definition) is 3. The van der Waals surface area contributed by atoms with E-state index in [0.717, 1.165) is 0 Å². The fraction of sp³-hybridized carbons (Fsp3) is 0.0345. The number of esters is 1. The van der Waals surface area contributed by atoms with E-state index in [4.69, 9.17) is 4.74 Å². The molecule has 0 aliphatic heterocycles. The zero-order valence-electron chi connectivity index (χ0n) is 19.7. The average Bonchev–Trinajstić information content (AvgIpc) is 2.93. The second-order valence-electron chi connectivity index (χ2n) is 7.95. The van der Waals surface area contributed by atoms with Gasteiger partial charge in [-0.15, -0.1) is 0 Å². The van der Waals surface area contributed by atoms with Crippen molar-refractivity contribution in [1.82, 2.24) is 0 Å². The minimum absolute atomic E-state index is 0.0928. The zero-order valence-corrected chi connectivity index (χ0v) is 19.7. The smallest absolute Gasteiger partial charge is 0.337 e. The van der Waals surface area contributed by atoms with Gasteiger partial charge in [-0.3, -0.25) is 9.59 Å². The number of benzene rings is 4. The molecule has 0 saturated heterocycles. The standard InChI is InChI=1S/C29H22N2O6/c1-37-29(36)19-7-6-8-21(17-19)31-26(32)18-13-15-20(16-14-18)30-27(33)24-11-4-2-9-22(24)23-10-3-5-12-25(23)28(34)35/h2-17H,1H3,(H,30,33)(H,31,32)(H,34,35). The third kappa shape index (κ3) is 5.71. The number of methoxy groups -OCH3 is 1. The maximum atomic E-state index is 13.1. The van der Waals surface area contributed by atoms with Crippen LogP contribution in [0.25, 0.3) is 11.1 Å². The minimum atomic E-state index is -1.09. The Morgan fingerprint density at radius 3 is 1.86 bits per heavy atom. The lowest BCUT2D eigenvalue weighted by Crippen LogP contribution is -2.15. The number of nitrogens with one attached hydrogen (secondary N) is 2. The third-order valence-electron chi connectivity index (χ3n) is 5.57. The highest BCUT2D eigenvalue weighted by Crippen LogP contribution is 2.28. The monoisotopic (exact) mass is 494 g/mol. The Balaban J connectivity index is 1.49. The maximum absolute atomic E-state index is 13.1. The second-order valence-corrected chi connectivity index (χ2v) is 7.95. The highest BCUT2D eigenvalue weighted by Gasteiger charge is 2.18. The largest absolute Gasteiger partial charge is 0.478 e. The van der Waals surface area contributed by atoms with Crippen LogP contribution >= 0.6 is 0 Å². The van der Waals surface area contributed by atoms with Gasteiger partial charge in [0.2, 0.25) is 0 Å². The van der Waals surface area contributed by atoms with Crippen molar-refractivity contribution in [3.63, 3.8) is 0 Å². The molecule has 0 aliphatic rings. The number of amides is 2. The van der Waals surface area contributed by atoms with Crippen molar-refractivity contribution in [3.05, 3.63) is 119 Å². The van der Waals surface area contributed by atoms with Crippen molar-refractivity contribution in [2.45, 2.75) is 0 Å².